The normalized spacial score (nSPS) is 15.0. The monoisotopic (exact) mass is 370 g/mol. The summed E-state index contributed by atoms with van der Waals surface area (Å²) in [5, 5.41) is 6.98. The number of hydrogen-bond acceptors (Lipinski definition) is 4. The number of piperidine rings is 1. The third kappa shape index (κ3) is 4.95. The molecular weight excluding hydrogens is 344 g/mol. The maximum atomic E-state index is 12.6. The summed E-state index contributed by atoms with van der Waals surface area (Å²) in [6.45, 7) is 2.60. The molecule has 27 heavy (non-hydrogen) atoms. The van der Waals surface area contributed by atoms with Gasteiger partial charge in [0.15, 0.2) is 0 Å². The van der Waals surface area contributed by atoms with E-state index < -0.39 is 0 Å². The zero-order chi connectivity index (χ0) is 19.2. The number of carbonyl (C=O) groups excluding carboxylic acids is 2. The van der Waals surface area contributed by atoms with E-state index in [0.717, 1.165) is 18.4 Å². The van der Waals surface area contributed by atoms with Crippen molar-refractivity contribution in [3.8, 4) is 0 Å². The number of benzene rings is 1. The van der Waals surface area contributed by atoms with Gasteiger partial charge in [-0.25, -0.2) is 0 Å². The van der Waals surface area contributed by atoms with Crippen LogP contribution in [0.4, 0.5) is 0 Å². The molecule has 0 saturated carbocycles. The number of nitrogens with one attached hydrogen (secondary N) is 1. The van der Waals surface area contributed by atoms with Gasteiger partial charge in [-0.15, -0.1) is 0 Å². The molecule has 2 heterocycles. The third-order valence-corrected chi connectivity index (χ3v) is 4.93. The van der Waals surface area contributed by atoms with E-state index in [1.807, 2.05) is 29.2 Å². The van der Waals surface area contributed by atoms with Crippen LogP contribution < -0.4 is 5.32 Å². The summed E-state index contributed by atoms with van der Waals surface area (Å²) in [4.78, 5) is 26.6. The molecule has 2 aromatic rings. The number of amides is 2. The fraction of sp³-hybridized carbons (Fsp3) is 0.450. The number of aromatic nitrogens is 2. The second kappa shape index (κ2) is 8.81. The Bertz CT molecular complexity index is 777. The highest BCUT2D eigenvalue weighted by Gasteiger charge is 2.24. The van der Waals surface area contributed by atoms with E-state index in [9.17, 15) is 9.59 Å². The molecule has 1 N–H and O–H groups in total. The number of rotatable bonds is 6. The molecule has 3 rings (SSSR count). The van der Waals surface area contributed by atoms with E-state index in [0.29, 0.717) is 43.3 Å². The number of methoxy groups -OCH3 is 1. The van der Waals surface area contributed by atoms with Crippen LogP contribution in [0.1, 0.15) is 39.1 Å². The van der Waals surface area contributed by atoms with Crippen molar-refractivity contribution in [1.29, 1.82) is 0 Å². The Balaban J connectivity index is 1.45. The summed E-state index contributed by atoms with van der Waals surface area (Å²) in [5.41, 5.74) is 2.33. The standard InChI is InChI=1S/C20H26N4O3/c1-23-13-18(12-22-23)19(25)21-11-15-7-9-24(10-8-15)20(26)17-5-3-16(4-6-17)14-27-2/h3-6,12-13,15H,7-11,14H2,1-2H3,(H,21,25). The average Bonchev–Trinajstić information content (AvgIpc) is 3.13. The van der Waals surface area contributed by atoms with E-state index in [2.05, 4.69) is 10.4 Å². The summed E-state index contributed by atoms with van der Waals surface area (Å²) in [7, 11) is 3.44. The first kappa shape index (κ1) is 19.1. The molecule has 1 saturated heterocycles. The predicted octanol–water partition coefficient (Wildman–Crippen LogP) is 1.85. The summed E-state index contributed by atoms with van der Waals surface area (Å²) in [5.74, 6) is 0.355. The van der Waals surface area contributed by atoms with Gasteiger partial charge in [0.25, 0.3) is 11.8 Å². The Morgan fingerprint density at radius 2 is 1.89 bits per heavy atom. The summed E-state index contributed by atoms with van der Waals surface area (Å²) in [6.07, 6.45) is 5.05. The summed E-state index contributed by atoms with van der Waals surface area (Å²) >= 11 is 0. The lowest BCUT2D eigenvalue weighted by Crippen LogP contribution is -2.41. The molecule has 1 aliphatic rings. The quantitative estimate of drug-likeness (QED) is 0.842. The Kier molecular flexibility index (Phi) is 6.24. The van der Waals surface area contributed by atoms with Crippen molar-refractivity contribution in [2.24, 2.45) is 13.0 Å². The highest BCUT2D eigenvalue weighted by molar-refractivity contribution is 5.94. The lowest BCUT2D eigenvalue weighted by molar-refractivity contribution is 0.0684. The molecule has 2 amide bonds. The number of nitrogens with zero attached hydrogens (tertiary/aromatic N) is 3. The van der Waals surface area contributed by atoms with Gasteiger partial charge < -0.3 is 15.0 Å². The van der Waals surface area contributed by atoms with Gasteiger partial charge in [0, 0.05) is 45.6 Å². The fourth-order valence-electron chi connectivity index (χ4n) is 3.31. The molecule has 0 unspecified atom stereocenters. The zero-order valence-corrected chi connectivity index (χ0v) is 15.9. The van der Waals surface area contributed by atoms with Gasteiger partial charge >= 0.3 is 0 Å². The van der Waals surface area contributed by atoms with Gasteiger partial charge in [0.2, 0.25) is 0 Å². The molecule has 144 valence electrons. The minimum absolute atomic E-state index is 0.0665. The minimum Gasteiger partial charge on any atom is -0.380 e. The van der Waals surface area contributed by atoms with E-state index in [-0.39, 0.29) is 11.8 Å². The van der Waals surface area contributed by atoms with Crippen molar-refractivity contribution in [2.75, 3.05) is 26.7 Å². The van der Waals surface area contributed by atoms with Crippen molar-refractivity contribution >= 4 is 11.8 Å². The second-order valence-electron chi connectivity index (χ2n) is 6.98. The van der Waals surface area contributed by atoms with Crippen molar-refractivity contribution in [2.45, 2.75) is 19.4 Å². The molecule has 0 radical (unpaired) electrons. The second-order valence-corrected chi connectivity index (χ2v) is 6.98. The molecule has 1 aromatic carbocycles. The molecule has 7 nitrogen and oxygen atoms in total. The molecule has 7 heteroatoms. The first-order valence-corrected chi connectivity index (χ1v) is 9.21. The highest BCUT2D eigenvalue weighted by atomic mass is 16.5. The smallest absolute Gasteiger partial charge is 0.254 e. The van der Waals surface area contributed by atoms with Gasteiger partial charge in [-0.3, -0.25) is 14.3 Å². The molecule has 0 atom stereocenters. The Morgan fingerprint density at radius 3 is 2.48 bits per heavy atom. The van der Waals surface area contributed by atoms with Gasteiger partial charge in [0.05, 0.1) is 18.4 Å². The van der Waals surface area contributed by atoms with Crippen LogP contribution in [0.15, 0.2) is 36.7 Å². The SMILES string of the molecule is COCc1ccc(C(=O)N2CCC(CNC(=O)c3cnn(C)c3)CC2)cc1. The first-order valence-electron chi connectivity index (χ1n) is 9.21. The minimum atomic E-state index is -0.0993. The van der Waals surface area contributed by atoms with Crippen LogP contribution in [0.5, 0.6) is 0 Å². The number of likely N-dealkylation sites (tertiary alicyclic amines) is 1. The van der Waals surface area contributed by atoms with Crippen LogP contribution in [0.25, 0.3) is 0 Å². The maximum absolute atomic E-state index is 12.6. The molecule has 1 aromatic heterocycles. The summed E-state index contributed by atoms with van der Waals surface area (Å²) in [6, 6.07) is 7.57. The van der Waals surface area contributed by atoms with Gasteiger partial charge in [-0.05, 0) is 36.5 Å². The van der Waals surface area contributed by atoms with Crippen LogP contribution in [0, 0.1) is 5.92 Å². The number of aryl methyl sites for hydroxylation is 1. The molecular formula is C20H26N4O3. The van der Waals surface area contributed by atoms with E-state index >= 15 is 0 Å². The molecule has 0 bridgehead atoms. The molecule has 1 aliphatic heterocycles. The molecule has 1 fully saturated rings. The topological polar surface area (TPSA) is 76.5 Å². The lowest BCUT2D eigenvalue weighted by atomic mass is 9.96. The van der Waals surface area contributed by atoms with E-state index in [4.69, 9.17) is 4.74 Å². The Morgan fingerprint density at radius 1 is 1.19 bits per heavy atom. The summed E-state index contributed by atoms with van der Waals surface area (Å²) < 4.78 is 6.71. The lowest BCUT2D eigenvalue weighted by Gasteiger charge is -2.32. The van der Waals surface area contributed by atoms with Crippen molar-refractivity contribution in [3.63, 3.8) is 0 Å². The van der Waals surface area contributed by atoms with Crippen LogP contribution in [-0.2, 0) is 18.4 Å². The molecule has 0 spiro atoms. The van der Waals surface area contributed by atoms with Crippen molar-refractivity contribution in [1.82, 2.24) is 20.0 Å². The van der Waals surface area contributed by atoms with Crippen LogP contribution in [0.3, 0.4) is 0 Å². The fourth-order valence-corrected chi connectivity index (χ4v) is 3.31. The predicted molar refractivity (Wildman–Crippen MR) is 101 cm³/mol. The van der Waals surface area contributed by atoms with Crippen LogP contribution in [-0.4, -0.2) is 53.2 Å². The van der Waals surface area contributed by atoms with Crippen LogP contribution in [0.2, 0.25) is 0 Å². The van der Waals surface area contributed by atoms with Gasteiger partial charge in [-0.1, -0.05) is 12.1 Å². The Labute approximate surface area is 159 Å². The molecule has 0 aliphatic carbocycles. The third-order valence-electron chi connectivity index (χ3n) is 4.93. The number of hydrogen-bond donors (Lipinski definition) is 1. The average molecular weight is 370 g/mol. The number of ether oxygens (including phenoxy) is 1. The first-order chi connectivity index (χ1) is 13.1. The Hall–Kier alpha value is -2.67. The van der Waals surface area contributed by atoms with Crippen molar-refractivity contribution in [3.05, 3.63) is 53.3 Å². The van der Waals surface area contributed by atoms with Gasteiger partial charge in [-0.2, -0.15) is 5.10 Å². The van der Waals surface area contributed by atoms with E-state index in [1.54, 1.807) is 31.2 Å². The van der Waals surface area contributed by atoms with Crippen molar-refractivity contribution < 1.29 is 14.3 Å². The van der Waals surface area contributed by atoms with Crippen LogP contribution >= 0.6 is 0 Å². The largest absolute Gasteiger partial charge is 0.380 e. The maximum Gasteiger partial charge on any atom is 0.254 e. The number of carbonyl (C=O) groups is 2. The highest BCUT2D eigenvalue weighted by Crippen LogP contribution is 2.19. The zero-order valence-electron chi connectivity index (χ0n) is 15.9. The van der Waals surface area contributed by atoms with Gasteiger partial charge in [0.1, 0.15) is 0 Å². The van der Waals surface area contributed by atoms with E-state index in [1.165, 1.54) is 0 Å².